The Balaban J connectivity index is 1.46. The Morgan fingerprint density at radius 2 is 1.92 bits per heavy atom. The van der Waals surface area contributed by atoms with Crippen molar-refractivity contribution in [3.63, 3.8) is 0 Å². The normalized spacial score (nSPS) is 10.7. The topological polar surface area (TPSA) is 81.4 Å². The number of hydrogen-bond acceptors (Lipinski definition) is 5. The maximum absolute atomic E-state index is 12.0. The predicted molar refractivity (Wildman–Crippen MR) is 97.8 cm³/mol. The zero-order valence-electron chi connectivity index (χ0n) is 14.7. The lowest BCUT2D eigenvalue weighted by Gasteiger charge is -2.10. The second-order valence-corrected chi connectivity index (χ2v) is 6.03. The fourth-order valence-corrected chi connectivity index (χ4v) is 2.53. The highest BCUT2D eigenvalue weighted by molar-refractivity contribution is 5.93. The third-order valence-corrected chi connectivity index (χ3v) is 4.12. The molecule has 0 aliphatic carbocycles. The number of aromatic nitrogens is 1. The number of anilines is 1. The molecule has 0 saturated carbocycles. The van der Waals surface area contributed by atoms with Gasteiger partial charge in [-0.3, -0.25) is 9.59 Å². The molecule has 134 valence electrons. The molecule has 0 fully saturated rings. The van der Waals surface area contributed by atoms with E-state index in [9.17, 15) is 9.59 Å². The molecule has 3 rings (SSSR count). The van der Waals surface area contributed by atoms with Crippen LogP contribution in [0.25, 0.3) is 11.1 Å². The molecule has 26 heavy (non-hydrogen) atoms. The number of aryl methyl sites for hydroxylation is 2. The monoisotopic (exact) mass is 352 g/mol. The molecule has 1 N–H and O–H groups in total. The first kappa shape index (κ1) is 17.7. The highest BCUT2D eigenvalue weighted by Gasteiger charge is 2.12. The smallest absolute Gasteiger partial charge is 0.306 e. The first-order valence-corrected chi connectivity index (χ1v) is 8.39. The second-order valence-electron chi connectivity index (χ2n) is 6.03. The van der Waals surface area contributed by atoms with Gasteiger partial charge in [0.05, 0.1) is 6.42 Å². The second kappa shape index (κ2) is 7.82. The van der Waals surface area contributed by atoms with E-state index in [1.165, 1.54) is 0 Å². The average molecular weight is 352 g/mol. The third kappa shape index (κ3) is 4.27. The van der Waals surface area contributed by atoms with Crippen LogP contribution in [0, 0.1) is 13.8 Å². The minimum absolute atomic E-state index is 0.101. The molecule has 0 unspecified atom stereocenters. The van der Waals surface area contributed by atoms with Crippen molar-refractivity contribution < 1.29 is 18.7 Å². The standard InChI is InChI=1S/C20H20N2O4/c1-13-6-5-8-15(14(13)2)21-18(23)12-25-20(24)11-10-19-22-16-7-3-4-9-17(16)26-19/h3-9H,10-12H2,1-2H3,(H,21,23). The van der Waals surface area contributed by atoms with Crippen molar-refractivity contribution in [1.29, 1.82) is 0 Å². The van der Waals surface area contributed by atoms with Gasteiger partial charge in [0.25, 0.3) is 5.91 Å². The lowest BCUT2D eigenvalue weighted by atomic mass is 10.1. The minimum atomic E-state index is -0.469. The van der Waals surface area contributed by atoms with Crippen LogP contribution in [0.3, 0.4) is 0 Å². The lowest BCUT2D eigenvalue weighted by molar-refractivity contribution is -0.147. The number of ether oxygens (including phenoxy) is 1. The summed E-state index contributed by atoms with van der Waals surface area (Å²) < 4.78 is 10.6. The SMILES string of the molecule is Cc1cccc(NC(=O)COC(=O)CCc2nc3ccccc3o2)c1C. The van der Waals surface area contributed by atoms with Crippen LogP contribution in [0.15, 0.2) is 46.9 Å². The van der Waals surface area contributed by atoms with Crippen LogP contribution in [0.4, 0.5) is 5.69 Å². The number of rotatable bonds is 6. The van der Waals surface area contributed by atoms with Gasteiger partial charge in [0.15, 0.2) is 18.1 Å². The van der Waals surface area contributed by atoms with E-state index in [-0.39, 0.29) is 18.9 Å². The van der Waals surface area contributed by atoms with E-state index in [1.54, 1.807) is 0 Å². The number of carbonyl (C=O) groups excluding carboxylic acids is 2. The van der Waals surface area contributed by atoms with Crippen molar-refractivity contribution in [2.75, 3.05) is 11.9 Å². The Labute approximate surface area is 151 Å². The quantitative estimate of drug-likeness (QED) is 0.686. The number of fused-ring (bicyclic) bond motifs is 1. The largest absolute Gasteiger partial charge is 0.456 e. The van der Waals surface area contributed by atoms with Crippen LogP contribution < -0.4 is 5.32 Å². The van der Waals surface area contributed by atoms with Crippen molar-refractivity contribution in [3.05, 3.63) is 59.5 Å². The number of nitrogens with zero attached hydrogens (tertiary/aromatic N) is 1. The van der Waals surface area contributed by atoms with Gasteiger partial charge in [0.2, 0.25) is 0 Å². The van der Waals surface area contributed by atoms with Crippen molar-refractivity contribution in [2.24, 2.45) is 0 Å². The van der Waals surface area contributed by atoms with E-state index in [0.29, 0.717) is 17.9 Å². The number of oxazole rings is 1. The van der Waals surface area contributed by atoms with E-state index in [4.69, 9.17) is 9.15 Å². The fourth-order valence-electron chi connectivity index (χ4n) is 2.53. The van der Waals surface area contributed by atoms with Crippen LogP contribution in [0.2, 0.25) is 0 Å². The van der Waals surface area contributed by atoms with Gasteiger partial charge in [-0.25, -0.2) is 4.98 Å². The molecule has 1 aromatic heterocycles. The molecular formula is C20H20N2O4. The number of carbonyl (C=O) groups is 2. The van der Waals surface area contributed by atoms with Gasteiger partial charge in [0.1, 0.15) is 5.52 Å². The summed E-state index contributed by atoms with van der Waals surface area (Å²) in [5.41, 5.74) is 4.23. The molecule has 0 atom stereocenters. The summed E-state index contributed by atoms with van der Waals surface area (Å²) >= 11 is 0. The molecule has 6 heteroatoms. The Morgan fingerprint density at radius 3 is 2.73 bits per heavy atom. The summed E-state index contributed by atoms with van der Waals surface area (Å²) in [6, 6.07) is 13.0. The summed E-state index contributed by atoms with van der Waals surface area (Å²) in [7, 11) is 0. The van der Waals surface area contributed by atoms with Gasteiger partial charge in [-0.1, -0.05) is 24.3 Å². The molecule has 0 bridgehead atoms. The molecular weight excluding hydrogens is 332 g/mol. The van der Waals surface area contributed by atoms with Crippen LogP contribution in [-0.2, 0) is 20.7 Å². The van der Waals surface area contributed by atoms with Gasteiger partial charge >= 0.3 is 5.97 Å². The zero-order valence-corrected chi connectivity index (χ0v) is 14.7. The summed E-state index contributed by atoms with van der Waals surface area (Å²) in [5, 5.41) is 2.75. The molecule has 2 aromatic carbocycles. The first-order valence-electron chi connectivity index (χ1n) is 8.39. The average Bonchev–Trinajstić information content (AvgIpc) is 3.05. The van der Waals surface area contributed by atoms with E-state index >= 15 is 0 Å². The number of nitrogens with one attached hydrogen (secondary N) is 1. The molecule has 1 amide bonds. The summed E-state index contributed by atoms with van der Waals surface area (Å²) in [5.74, 6) is -0.361. The van der Waals surface area contributed by atoms with Crippen LogP contribution in [0.1, 0.15) is 23.4 Å². The van der Waals surface area contributed by atoms with Crippen molar-refractivity contribution in [2.45, 2.75) is 26.7 Å². The van der Waals surface area contributed by atoms with Gasteiger partial charge in [-0.2, -0.15) is 0 Å². The molecule has 0 spiro atoms. The van der Waals surface area contributed by atoms with Crippen molar-refractivity contribution >= 4 is 28.7 Å². The third-order valence-electron chi connectivity index (χ3n) is 4.12. The van der Waals surface area contributed by atoms with Gasteiger partial charge in [0, 0.05) is 12.1 Å². The van der Waals surface area contributed by atoms with E-state index in [0.717, 1.165) is 22.3 Å². The van der Waals surface area contributed by atoms with Crippen molar-refractivity contribution in [3.8, 4) is 0 Å². The van der Waals surface area contributed by atoms with Gasteiger partial charge in [-0.15, -0.1) is 0 Å². The maximum atomic E-state index is 12.0. The Bertz CT molecular complexity index is 913. The van der Waals surface area contributed by atoms with E-state index in [2.05, 4.69) is 10.3 Å². The van der Waals surface area contributed by atoms with Crippen LogP contribution in [-0.4, -0.2) is 23.5 Å². The number of esters is 1. The summed E-state index contributed by atoms with van der Waals surface area (Å²) in [6.07, 6.45) is 0.426. The highest BCUT2D eigenvalue weighted by Crippen LogP contribution is 2.18. The minimum Gasteiger partial charge on any atom is -0.456 e. The molecule has 1 heterocycles. The number of amides is 1. The van der Waals surface area contributed by atoms with E-state index < -0.39 is 5.97 Å². The molecule has 0 aliphatic heterocycles. The first-order chi connectivity index (χ1) is 12.5. The molecule has 0 aliphatic rings. The lowest BCUT2D eigenvalue weighted by Crippen LogP contribution is -2.21. The number of hydrogen-bond donors (Lipinski definition) is 1. The number of benzene rings is 2. The Hall–Kier alpha value is -3.15. The number of para-hydroxylation sites is 2. The van der Waals surface area contributed by atoms with Gasteiger partial charge in [-0.05, 0) is 43.2 Å². The Morgan fingerprint density at radius 1 is 1.12 bits per heavy atom. The highest BCUT2D eigenvalue weighted by atomic mass is 16.5. The molecule has 0 saturated heterocycles. The summed E-state index contributed by atoms with van der Waals surface area (Å²) in [4.78, 5) is 28.1. The summed E-state index contributed by atoms with van der Waals surface area (Å²) in [6.45, 7) is 3.58. The van der Waals surface area contributed by atoms with Gasteiger partial charge < -0.3 is 14.5 Å². The molecule has 0 radical (unpaired) electrons. The molecule has 6 nitrogen and oxygen atoms in total. The zero-order chi connectivity index (χ0) is 18.5. The van der Waals surface area contributed by atoms with Crippen LogP contribution >= 0.6 is 0 Å². The van der Waals surface area contributed by atoms with Crippen molar-refractivity contribution in [1.82, 2.24) is 4.98 Å². The maximum Gasteiger partial charge on any atom is 0.306 e. The predicted octanol–water partition coefficient (Wildman–Crippen LogP) is 3.56. The van der Waals surface area contributed by atoms with E-state index in [1.807, 2.05) is 56.3 Å². The fraction of sp³-hybridized carbons (Fsp3) is 0.250. The Kier molecular flexibility index (Phi) is 5.31. The van der Waals surface area contributed by atoms with Crippen LogP contribution in [0.5, 0.6) is 0 Å². The molecule has 3 aromatic rings.